The van der Waals surface area contributed by atoms with Crippen molar-refractivity contribution in [3.8, 4) is 22.4 Å². The number of amides is 2. The molecule has 7 nitrogen and oxygen atoms in total. The first-order valence-corrected chi connectivity index (χ1v) is 9.24. The summed E-state index contributed by atoms with van der Waals surface area (Å²) in [5, 5.41) is 14.3. The molecule has 0 aliphatic carbocycles. The SMILES string of the molecule is CCNC(=O)Nc1nc2cc(-c3cccnc3)cc(-c3cccnn3)c2s1. The van der Waals surface area contributed by atoms with Crippen LogP contribution in [0.25, 0.3) is 32.6 Å². The largest absolute Gasteiger partial charge is 0.338 e. The molecule has 3 aromatic heterocycles. The molecular formula is C19H16N6OS. The fourth-order valence-electron chi connectivity index (χ4n) is 2.72. The number of thiazole rings is 1. The Balaban J connectivity index is 1.86. The lowest BCUT2D eigenvalue weighted by Gasteiger charge is -2.06. The second-order valence-electron chi connectivity index (χ2n) is 5.73. The predicted molar refractivity (Wildman–Crippen MR) is 107 cm³/mol. The zero-order valence-electron chi connectivity index (χ0n) is 14.5. The van der Waals surface area contributed by atoms with Crippen LogP contribution in [-0.2, 0) is 0 Å². The van der Waals surface area contributed by atoms with E-state index in [2.05, 4.69) is 36.9 Å². The van der Waals surface area contributed by atoms with Crippen LogP contribution in [0.5, 0.6) is 0 Å². The first kappa shape index (κ1) is 17.0. The molecule has 0 aliphatic rings. The van der Waals surface area contributed by atoms with Gasteiger partial charge < -0.3 is 5.32 Å². The van der Waals surface area contributed by atoms with Gasteiger partial charge in [0, 0.05) is 36.3 Å². The molecule has 1 aromatic carbocycles. The summed E-state index contributed by atoms with van der Waals surface area (Å²) >= 11 is 1.41. The molecular weight excluding hydrogens is 360 g/mol. The third-order valence-corrected chi connectivity index (χ3v) is 4.91. The van der Waals surface area contributed by atoms with E-state index in [0.717, 1.165) is 32.6 Å². The molecule has 0 unspecified atom stereocenters. The van der Waals surface area contributed by atoms with Crippen LogP contribution in [0.15, 0.2) is 55.0 Å². The molecule has 0 fully saturated rings. The van der Waals surface area contributed by atoms with E-state index in [-0.39, 0.29) is 6.03 Å². The number of urea groups is 1. The minimum Gasteiger partial charge on any atom is -0.338 e. The highest BCUT2D eigenvalue weighted by Crippen LogP contribution is 2.37. The normalized spacial score (nSPS) is 10.7. The summed E-state index contributed by atoms with van der Waals surface area (Å²) in [6.07, 6.45) is 5.19. The van der Waals surface area contributed by atoms with E-state index in [0.29, 0.717) is 11.7 Å². The molecule has 134 valence electrons. The molecule has 0 atom stereocenters. The maximum atomic E-state index is 11.8. The fraction of sp³-hybridized carbons (Fsp3) is 0.105. The Hall–Kier alpha value is -3.39. The Labute approximate surface area is 159 Å². The summed E-state index contributed by atoms with van der Waals surface area (Å²) in [7, 11) is 0. The predicted octanol–water partition coefficient (Wildman–Crippen LogP) is 3.96. The summed E-state index contributed by atoms with van der Waals surface area (Å²) in [6, 6.07) is 11.4. The lowest BCUT2D eigenvalue weighted by molar-refractivity contribution is 0.252. The molecule has 0 saturated heterocycles. The van der Waals surface area contributed by atoms with E-state index in [1.165, 1.54) is 11.3 Å². The lowest BCUT2D eigenvalue weighted by atomic mass is 10.0. The first-order valence-electron chi connectivity index (χ1n) is 8.42. The summed E-state index contributed by atoms with van der Waals surface area (Å²) < 4.78 is 0.940. The third kappa shape index (κ3) is 3.61. The zero-order chi connectivity index (χ0) is 18.6. The molecule has 0 spiro atoms. The number of hydrogen-bond acceptors (Lipinski definition) is 6. The molecule has 27 heavy (non-hydrogen) atoms. The summed E-state index contributed by atoms with van der Waals surface area (Å²) in [6.45, 7) is 2.41. The van der Waals surface area contributed by atoms with Crippen LogP contribution in [0.3, 0.4) is 0 Å². The van der Waals surface area contributed by atoms with Crippen molar-refractivity contribution < 1.29 is 4.79 Å². The van der Waals surface area contributed by atoms with Crippen LogP contribution in [0.4, 0.5) is 9.93 Å². The number of aromatic nitrogens is 4. The van der Waals surface area contributed by atoms with Gasteiger partial charge in [0.1, 0.15) is 0 Å². The highest BCUT2D eigenvalue weighted by Gasteiger charge is 2.15. The fourth-order valence-corrected chi connectivity index (χ4v) is 3.69. The van der Waals surface area contributed by atoms with E-state index in [1.807, 2.05) is 43.5 Å². The van der Waals surface area contributed by atoms with Gasteiger partial charge in [0.05, 0.1) is 15.9 Å². The van der Waals surface area contributed by atoms with Gasteiger partial charge in [0.15, 0.2) is 5.13 Å². The van der Waals surface area contributed by atoms with Gasteiger partial charge in [-0.25, -0.2) is 9.78 Å². The lowest BCUT2D eigenvalue weighted by Crippen LogP contribution is -2.28. The van der Waals surface area contributed by atoms with Crippen molar-refractivity contribution in [1.29, 1.82) is 0 Å². The van der Waals surface area contributed by atoms with Gasteiger partial charge in [-0.05, 0) is 42.8 Å². The number of hydrogen-bond donors (Lipinski definition) is 2. The second kappa shape index (κ2) is 7.46. The van der Waals surface area contributed by atoms with Gasteiger partial charge in [-0.15, -0.1) is 0 Å². The highest BCUT2D eigenvalue weighted by atomic mass is 32.1. The topological polar surface area (TPSA) is 92.7 Å². The number of anilines is 1. The highest BCUT2D eigenvalue weighted by molar-refractivity contribution is 7.22. The molecule has 4 aromatic rings. The Morgan fingerprint density at radius 2 is 2.04 bits per heavy atom. The van der Waals surface area contributed by atoms with Crippen LogP contribution >= 0.6 is 11.3 Å². The Morgan fingerprint density at radius 1 is 1.15 bits per heavy atom. The molecule has 3 heterocycles. The maximum absolute atomic E-state index is 11.8. The number of carbonyl (C=O) groups excluding carboxylic acids is 1. The van der Waals surface area contributed by atoms with Crippen molar-refractivity contribution in [1.82, 2.24) is 25.5 Å². The number of fused-ring (bicyclic) bond motifs is 1. The van der Waals surface area contributed by atoms with Gasteiger partial charge in [0.2, 0.25) is 0 Å². The van der Waals surface area contributed by atoms with Crippen LogP contribution in [-0.4, -0.2) is 32.7 Å². The minimum absolute atomic E-state index is 0.273. The van der Waals surface area contributed by atoms with E-state index in [1.54, 1.807) is 12.4 Å². The molecule has 8 heteroatoms. The number of pyridine rings is 1. The smallest absolute Gasteiger partial charge is 0.321 e. The van der Waals surface area contributed by atoms with Crippen molar-refractivity contribution in [2.75, 3.05) is 11.9 Å². The number of carbonyl (C=O) groups is 1. The number of nitrogens with one attached hydrogen (secondary N) is 2. The van der Waals surface area contributed by atoms with E-state index < -0.39 is 0 Å². The quantitative estimate of drug-likeness (QED) is 0.562. The van der Waals surface area contributed by atoms with Gasteiger partial charge in [0.25, 0.3) is 0 Å². The van der Waals surface area contributed by atoms with Crippen molar-refractivity contribution in [2.45, 2.75) is 6.92 Å². The summed E-state index contributed by atoms with van der Waals surface area (Å²) in [5.41, 5.74) is 4.41. The molecule has 2 amide bonds. The van der Waals surface area contributed by atoms with Crippen LogP contribution in [0, 0.1) is 0 Å². The summed E-state index contributed by atoms with van der Waals surface area (Å²) in [5.74, 6) is 0. The van der Waals surface area contributed by atoms with Gasteiger partial charge in [-0.3, -0.25) is 10.3 Å². The second-order valence-corrected chi connectivity index (χ2v) is 6.73. The van der Waals surface area contributed by atoms with Crippen molar-refractivity contribution in [3.63, 3.8) is 0 Å². The molecule has 4 rings (SSSR count). The van der Waals surface area contributed by atoms with Crippen molar-refractivity contribution in [3.05, 3.63) is 55.0 Å². The standard InChI is InChI=1S/C19H16N6OS/c1-2-21-18(26)24-19-23-16-10-13(12-5-3-7-20-11-12)9-14(17(16)27-19)15-6-4-8-22-25-15/h3-11H,2H2,1H3,(H2,21,23,24,26). The minimum atomic E-state index is -0.273. The third-order valence-electron chi connectivity index (χ3n) is 3.89. The average Bonchev–Trinajstić information content (AvgIpc) is 3.11. The summed E-state index contributed by atoms with van der Waals surface area (Å²) in [4.78, 5) is 20.6. The Morgan fingerprint density at radius 3 is 2.78 bits per heavy atom. The van der Waals surface area contributed by atoms with E-state index in [4.69, 9.17) is 0 Å². The molecule has 0 bridgehead atoms. The van der Waals surface area contributed by atoms with E-state index >= 15 is 0 Å². The number of rotatable bonds is 4. The monoisotopic (exact) mass is 376 g/mol. The maximum Gasteiger partial charge on any atom is 0.321 e. The van der Waals surface area contributed by atoms with Gasteiger partial charge in [-0.1, -0.05) is 17.4 Å². The molecule has 0 aliphatic heterocycles. The van der Waals surface area contributed by atoms with Crippen molar-refractivity contribution in [2.24, 2.45) is 0 Å². The van der Waals surface area contributed by atoms with Gasteiger partial charge in [-0.2, -0.15) is 10.2 Å². The van der Waals surface area contributed by atoms with Crippen molar-refractivity contribution >= 4 is 32.7 Å². The molecule has 0 radical (unpaired) electrons. The van der Waals surface area contributed by atoms with Crippen LogP contribution in [0.1, 0.15) is 6.92 Å². The number of nitrogens with zero attached hydrogens (tertiary/aromatic N) is 4. The number of benzene rings is 1. The van der Waals surface area contributed by atoms with Crippen LogP contribution < -0.4 is 10.6 Å². The van der Waals surface area contributed by atoms with Gasteiger partial charge >= 0.3 is 6.03 Å². The molecule has 0 saturated carbocycles. The molecule has 2 N–H and O–H groups in total. The van der Waals surface area contributed by atoms with Crippen LogP contribution in [0.2, 0.25) is 0 Å². The van der Waals surface area contributed by atoms with E-state index in [9.17, 15) is 4.79 Å². The average molecular weight is 376 g/mol. The zero-order valence-corrected chi connectivity index (χ0v) is 15.3. The Bertz CT molecular complexity index is 1080. The Kier molecular flexibility index (Phi) is 4.71. The first-order chi connectivity index (χ1) is 13.2.